The minimum Gasteiger partial charge on any atom is -0.507 e. The summed E-state index contributed by atoms with van der Waals surface area (Å²) in [4.78, 5) is 34.0. The molecule has 1 atom stereocenters. The lowest BCUT2D eigenvalue weighted by molar-refractivity contribution is -0.140. The Kier molecular flexibility index (Phi) is 6.63. The first-order valence-electron chi connectivity index (χ1n) is 11.1. The van der Waals surface area contributed by atoms with Gasteiger partial charge in [-0.15, -0.1) is 0 Å². The van der Waals surface area contributed by atoms with E-state index in [1.165, 1.54) is 4.90 Å². The van der Waals surface area contributed by atoms with Crippen LogP contribution >= 0.6 is 0 Å². The Labute approximate surface area is 198 Å². The summed E-state index contributed by atoms with van der Waals surface area (Å²) in [6.07, 6.45) is 3.32. The van der Waals surface area contributed by atoms with E-state index in [1.54, 1.807) is 42.7 Å². The van der Waals surface area contributed by atoms with E-state index in [9.17, 15) is 14.7 Å². The van der Waals surface area contributed by atoms with Crippen LogP contribution in [0, 0.1) is 0 Å². The van der Waals surface area contributed by atoms with Gasteiger partial charge in [0, 0.05) is 44.3 Å². The van der Waals surface area contributed by atoms with Crippen LogP contribution in [-0.2, 0) is 16.1 Å². The maximum Gasteiger partial charge on any atom is 0.295 e. The molecule has 1 saturated heterocycles. The molecule has 34 heavy (non-hydrogen) atoms. The Balaban J connectivity index is 1.84. The zero-order valence-corrected chi connectivity index (χ0v) is 19.4. The maximum atomic E-state index is 13.2. The molecular weight excluding hydrogens is 430 g/mol. The Morgan fingerprint density at radius 3 is 2.50 bits per heavy atom. The highest BCUT2D eigenvalue weighted by molar-refractivity contribution is 6.46. The topological polar surface area (TPSA) is 83.0 Å². The number of ether oxygens (including phenoxy) is 1. The fourth-order valence-corrected chi connectivity index (χ4v) is 4.09. The van der Waals surface area contributed by atoms with Crippen molar-refractivity contribution in [3.8, 4) is 5.75 Å². The van der Waals surface area contributed by atoms with Crippen molar-refractivity contribution >= 4 is 23.1 Å². The van der Waals surface area contributed by atoms with E-state index in [1.807, 2.05) is 56.3 Å². The number of hydrogen-bond donors (Lipinski definition) is 1. The predicted octanol–water partition coefficient (Wildman–Crippen LogP) is 4.17. The van der Waals surface area contributed by atoms with Crippen molar-refractivity contribution in [1.82, 2.24) is 9.88 Å². The number of carbonyl (C=O) groups excluding carboxylic acids is 2. The highest BCUT2D eigenvalue weighted by Gasteiger charge is 2.46. The molecule has 1 aromatic heterocycles. The van der Waals surface area contributed by atoms with Crippen molar-refractivity contribution in [2.75, 3.05) is 25.6 Å². The Bertz CT molecular complexity index is 1220. The quantitative estimate of drug-likeness (QED) is 0.326. The monoisotopic (exact) mass is 457 g/mol. The van der Waals surface area contributed by atoms with E-state index in [-0.39, 0.29) is 17.9 Å². The molecule has 0 aliphatic carbocycles. The Hall–Kier alpha value is -4.13. The lowest BCUT2D eigenvalue weighted by Crippen LogP contribution is -2.29. The predicted molar refractivity (Wildman–Crippen MR) is 130 cm³/mol. The zero-order valence-electron chi connectivity index (χ0n) is 19.4. The highest BCUT2D eigenvalue weighted by Crippen LogP contribution is 2.41. The molecule has 1 amide bonds. The van der Waals surface area contributed by atoms with E-state index >= 15 is 0 Å². The number of benzene rings is 2. The van der Waals surface area contributed by atoms with E-state index in [4.69, 9.17) is 4.74 Å². The molecule has 3 aromatic rings. The standard InChI is InChI=1S/C27H27N3O4/c1-4-34-22-9-5-8-20(15-22)25(31)23-24(19-10-12-21(13-11-19)29(2)3)30(27(33)26(23)32)17-18-7-6-14-28-16-18/h5-16,24,31H,4,17H2,1-3H3/b25-23+. The molecule has 0 radical (unpaired) electrons. The van der Waals surface area contributed by atoms with Crippen molar-refractivity contribution in [2.45, 2.75) is 19.5 Å². The van der Waals surface area contributed by atoms with Crippen molar-refractivity contribution < 1.29 is 19.4 Å². The minimum absolute atomic E-state index is 0.0557. The van der Waals surface area contributed by atoms with Gasteiger partial charge in [0.15, 0.2) is 0 Å². The lowest BCUT2D eigenvalue weighted by atomic mass is 9.95. The van der Waals surface area contributed by atoms with Gasteiger partial charge in [0.2, 0.25) is 0 Å². The van der Waals surface area contributed by atoms with Crippen LogP contribution in [-0.4, -0.2) is 47.4 Å². The highest BCUT2D eigenvalue weighted by atomic mass is 16.5. The minimum atomic E-state index is -0.743. The van der Waals surface area contributed by atoms with Crippen LogP contribution in [0.5, 0.6) is 5.75 Å². The van der Waals surface area contributed by atoms with E-state index in [0.717, 1.165) is 16.8 Å². The third-order valence-electron chi connectivity index (χ3n) is 5.76. The van der Waals surface area contributed by atoms with Crippen LogP contribution in [0.1, 0.15) is 29.7 Å². The van der Waals surface area contributed by atoms with Gasteiger partial charge in [-0.25, -0.2) is 0 Å². The summed E-state index contributed by atoms with van der Waals surface area (Å²) in [5.41, 5.74) is 2.98. The SMILES string of the molecule is CCOc1cccc(/C(O)=C2\C(=O)C(=O)N(Cc3cccnc3)C2c2ccc(N(C)C)cc2)c1. The lowest BCUT2D eigenvalue weighted by Gasteiger charge is -2.26. The maximum absolute atomic E-state index is 13.2. The van der Waals surface area contributed by atoms with Gasteiger partial charge in [0.25, 0.3) is 11.7 Å². The van der Waals surface area contributed by atoms with Gasteiger partial charge in [-0.1, -0.05) is 30.3 Å². The molecule has 2 aromatic carbocycles. The molecule has 1 fully saturated rings. The molecule has 0 saturated carbocycles. The van der Waals surface area contributed by atoms with Crippen molar-refractivity contribution in [3.63, 3.8) is 0 Å². The average Bonchev–Trinajstić information content (AvgIpc) is 3.09. The third kappa shape index (κ3) is 4.50. The second-order valence-corrected chi connectivity index (χ2v) is 8.24. The van der Waals surface area contributed by atoms with E-state index in [0.29, 0.717) is 17.9 Å². The fourth-order valence-electron chi connectivity index (χ4n) is 4.09. The van der Waals surface area contributed by atoms with Crippen molar-refractivity contribution in [3.05, 3.63) is 95.3 Å². The number of hydrogen-bond acceptors (Lipinski definition) is 6. The summed E-state index contributed by atoms with van der Waals surface area (Å²) in [5, 5.41) is 11.3. The van der Waals surface area contributed by atoms with Gasteiger partial charge in [0.1, 0.15) is 11.5 Å². The smallest absolute Gasteiger partial charge is 0.295 e. The van der Waals surface area contributed by atoms with Crippen LogP contribution in [0.2, 0.25) is 0 Å². The van der Waals surface area contributed by atoms with Crippen LogP contribution in [0.3, 0.4) is 0 Å². The number of likely N-dealkylation sites (tertiary alicyclic amines) is 1. The summed E-state index contributed by atoms with van der Waals surface area (Å²) in [7, 11) is 3.88. The number of Topliss-reactive ketones (excluding diaryl/α,β-unsaturated/α-hetero) is 1. The van der Waals surface area contributed by atoms with Gasteiger partial charge in [0.05, 0.1) is 18.2 Å². The second kappa shape index (κ2) is 9.79. The second-order valence-electron chi connectivity index (χ2n) is 8.24. The summed E-state index contributed by atoms with van der Waals surface area (Å²) < 4.78 is 5.55. The molecule has 1 aliphatic heterocycles. The zero-order chi connectivity index (χ0) is 24.2. The Morgan fingerprint density at radius 2 is 1.85 bits per heavy atom. The molecule has 4 rings (SSSR count). The molecule has 174 valence electrons. The Morgan fingerprint density at radius 1 is 1.09 bits per heavy atom. The van der Waals surface area contributed by atoms with Crippen LogP contribution in [0.15, 0.2) is 78.6 Å². The van der Waals surface area contributed by atoms with Gasteiger partial charge in [-0.3, -0.25) is 14.6 Å². The number of aliphatic hydroxyl groups is 1. The van der Waals surface area contributed by atoms with Gasteiger partial charge >= 0.3 is 0 Å². The van der Waals surface area contributed by atoms with E-state index in [2.05, 4.69) is 4.98 Å². The number of amides is 1. The van der Waals surface area contributed by atoms with E-state index < -0.39 is 17.7 Å². The van der Waals surface area contributed by atoms with Gasteiger partial charge < -0.3 is 19.6 Å². The molecule has 0 spiro atoms. The van der Waals surface area contributed by atoms with Crippen LogP contribution in [0.25, 0.3) is 5.76 Å². The molecule has 1 unspecified atom stereocenters. The number of pyridine rings is 1. The summed E-state index contributed by atoms with van der Waals surface area (Å²) >= 11 is 0. The molecule has 2 heterocycles. The fraction of sp³-hybridized carbons (Fsp3) is 0.222. The summed E-state index contributed by atoms with van der Waals surface area (Å²) in [6, 6.07) is 17.4. The first-order chi connectivity index (χ1) is 16.4. The number of anilines is 1. The first-order valence-corrected chi connectivity index (χ1v) is 11.1. The van der Waals surface area contributed by atoms with Crippen LogP contribution in [0.4, 0.5) is 5.69 Å². The van der Waals surface area contributed by atoms with Crippen molar-refractivity contribution in [1.29, 1.82) is 0 Å². The largest absolute Gasteiger partial charge is 0.507 e. The van der Waals surface area contributed by atoms with Crippen molar-refractivity contribution in [2.24, 2.45) is 0 Å². The molecular formula is C27H27N3O4. The molecule has 7 heteroatoms. The first kappa shape index (κ1) is 23.0. The van der Waals surface area contributed by atoms with Gasteiger partial charge in [-0.05, 0) is 48.4 Å². The average molecular weight is 458 g/mol. The summed E-state index contributed by atoms with van der Waals surface area (Å²) in [5.74, 6) is -1.03. The number of ketones is 1. The van der Waals surface area contributed by atoms with Crippen LogP contribution < -0.4 is 9.64 Å². The normalized spacial score (nSPS) is 17.1. The number of aromatic nitrogens is 1. The summed E-state index contributed by atoms with van der Waals surface area (Å²) in [6.45, 7) is 2.53. The molecule has 7 nitrogen and oxygen atoms in total. The van der Waals surface area contributed by atoms with Gasteiger partial charge in [-0.2, -0.15) is 0 Å². The number of aliphatic hydroxyl groups excluding tert-OH is 1. The number of rotatable bonds is 7. The molecule has 1 N–H and O–H groups in total. The molecule has 1 aliphatic rings. The molecule has 0 bridgehead atoms. The number of nitrogens with zero attached hydrogens (tertiary/aromatic N) is 3. The number of carbonyl (C=O) groups is 2. The third-order valence-corrected chi connectivity index (χ3v) is 5.76.